The third-order valence-electron chi connectivity index (χ3n) is 6.77. The Morgan fingerprint density at radius 2 is 1.51 bits per heavy atom. The van der Waals surface area contributed by atoms with E-state index in [0.717, 1.165) is 34.6 Å². The first kappa shape index (κ1) is 25.9. The Bertz CT molecular complexity index is 1440. The number of carbonyl (C=O) groups excluding carboxylic acids is 1. The van der Waals surface area contributed by atoms with Crippen molar-refractivity contribution in [1.29, 1.82) is 0 Å². The van der Waals surface area contributed by atoms with Gasteiger partial charge in [0.05, 0.1) is 46.9 Å². The number of carbonyl (C=O) groups is 1. The molecular formula is C29H31N5O5. The Kier molecular flexibility index (Phi) is 7.53. The summed E-state index contributed by atoms with van der Waals surface area (Å²) < 4.78 is 23.1. The molecule has 0 radical (unpaired) electrons. The van der Waals surface area contributed by atoms with Crippen molar-refractivity contribution in [2.45, 2.75) is 24.9 Å². The van der Waals surface area contributed by atoms with Crippen molar-refractivity contribution in [3.05, 3.63) is 83.4 Å². The van der Waals surface area contributed by atoms with Crippen LogP contribution < -0.4 is 29.6 Å². The number of rotatable bonds is 9. The molecule has 4 aromatic rings. The number of fused-ring (bicyclic) bond motifs is 1. The van der Waals surface area contributed by atoms with Gasteiger partial charge in [0.1, 0.15) is 11.5 Å². The summed E-state index contributed by atoms with van der Waals surface area (Å²) in [5.41, 5.74) is 2.94. The molecule has 1 aliphatic heterocycles. The van der Waals surface area contributed by atoms with Crippen LogP contribution in [-0.2, 0) is 11.2 Å². The largest absolute Gasteiger partial charge is 0.497 e. The first-order chi connectivity index (χ1) is 19.0. The molecule has 10 nitrogen and oxygen atoms in total. The number of anilines is 2. The van der Waals surface area contributed by atoms with Gasteiger partial charge in [0.15, 0.2) is 11.5 Å². The van der Waals surface area contributed by atoms with Crippen LogP contribution in [0.3, 0.4) is 0 Å². The molecule has 0 fully saturated rings. The van der Waals surface area contributed by atoms with E-state index in [1.807, 2.05) is 59.3 Å². The van der Waals surface area contributed by atoms with Crippen LogP contribution in [0.4, 0.5) is 11.9 Å². The number of benzene rings is 3. The minimum atomic E-state index is -0.238. The smallest absolute Gasteiger partial charge is 0.250 e. The third-order valence-corrected chi connectivity index (χ3v) is 6.77. The van der Waals surface area contributed by atoms with Crippen LogP contribution in [0.15, 0.2) is 66.7 Å². The van der Waals surface area contributed by atoms with Gasteiger partial charge in [-0.15, -0.1) is 5.10 Å². The number of ether oxygens (including phenoxy) is 4. The molecule has 10 heteroatoms. The van der Waals surface area contributed by atoms with Gasteiger partial charge in [0.25, 0.3) is 5.95 Å². The predicted molar refractivity (Wildman–Crippen MR) is 147 cm³/mol. The van der Waals surface area contributed by atoms with Gasteiger partial charge in [-0.05, 0) is 59.5 Å². The number of nitrogens with zero attached hydrogens (tertiary/aromatic N) is 3. The van der Waals surface area contributed by atoms with Crippen molar-refractivity contribution in [3.8, 4) is 23.0 Å². The maximum Gasteiger partial charge on any atom is 0.250 e. The van der Waals surface area contributed by atoms with Gasteiger partial charge < -0.3 is 24.3 Å². The molecule has 1 aliphatic rings. The molecule has 0 saturated carbocycles. The molecule has 2 atom stereocenters. The van der Waals surface area contributed by atoms with E-state index in [0.29, 0.717) is 17.4 Å². The Balaban J connectivity index is 1.40. The van der Waals surface area contributed by atoms with E-state index in [2.05, 4.69) is 20.7 Å². The lowest BCUT2D eigenvalue weighted by Gasteiger charge is -2.31. The number of methoxy groups -OCH3 is 4. The first-order valence-corrected chi connectivity index (χ1v) is 12.5. The molecule has 2 heterocycles. The second kappa shape index (κ2) is 11.3. The van der Waals surface area contributed by atoms with E-state index in [1.54, 1.807) is 40.6 Å². The lowest BCUT2D eigenvalue weighted by molar-refractivity contribution is -0.115. The van der Waals surface area contributed by atoms with Gasteiger partial charge in [-0.3, -0.25) is 10.1 Å². The minimum absolute atomic E-state index is 0.0185. The Morgan fingerprint density at radius 3 is 2.13 bits per heavy atom. The maximum atomic E-state index is 12.9. The molecule has 39 heavy (non-hydrogen) atoms. The van der Waals surface area contributed by atoms with Gasteiger partial charge in [-0.25, -0.2) is 4.68 Å². The summed E-state index contributed by atoms with van der Waals surface area (Å²) in [7, 11) is 6.43. The average Bonchev–Trinajstić information content (AvgIpc) is 3.38. The topological polar surface area (TPSA) is 109 Å². The molecule has 1 amide bonds. The summed E-state index contributed by atoms with van der Waals surface area (Å²) in [6, 6.07) is 21.1. The van der Waals surface area contributed by atoms with Crippen LogP contribution in [0.25, 0.3) is 0 Å². The van der Waals surface area contributed by atoms with Crippen molar-refractivity contribution in [1.82, 2.24) is 14.8 Å². The van der Waals surface area contributed by atoms with Crippen LogP contribution in [0.2, 0.25) is 0 Å². The van der Waals surface area contributed by atoms with E-state index < -0.39 is 0 Å². The maximum absolute atomic E-state index is 12.9. The summed E-state index contributed by atoms with van der Waals surface area (Å²) in [4.78, 5) is 17.5. The standard InChI is InChI=1S/C29H31N5O5/c1-36-21-10-6-19(7-11-21)23-17-24(20-8-12-22(37-2)13-9-20)34-29(30-23)32-28(33-34)31-27(35)16-18-5-14-25(38-3)26(15-18)39-4/h5-15,23-24H,16-17H2,1-4H3,(H2,30,31,32,33,35)/t23-,24-/m0/s1. The molecule has 0 unspecified atom stereocenters. The second-order valence-electron chi connectivity index (χ2n) is 9.11. The highest BCUT2D eigenvalue weighted by Crippen LogP contribution is 2.39. The monoisotopic (exact) mass is 529 g/mol. The van der Waals surface area contributed by atoms with Crippen LogP contribution in [0, 0.1) is 0 Å². The number of aromatic nitrogens is 3. The van der Waals surface area contributed by atoms with Crippen LogP contribution >= 0.6 is 0 Å². The molecule has 0 aliphatic carbocycles. The van der Waals surface area contributed by atoms with Crippen LogP contribution in [0.1, 0.15) is 35.2 Å². The lowest BCUT2D eigenvalue weighted by Crippen LogP contribution is -2.28. The number of nitrogens with one attached hydrogen (secondary N) is 2. The zero-order valence-electron chi connectivity index (χ0n) is 22.3. The van der Waals surface area contributed by atoms with Crippen molar-refractivity contribution >= 4 is 17.8 Å². The SMILES string of the molecule is COc1ccc([C@@H]2C[C@@H](c3ccc(OC)cc3)n3nc(NC(=O)Cc4ccc(OC)c(OC)c4)nc3N2)cc1. The average molecular weight is 530 g/mol. The fourth-order valence-corrected chi connectivity index (χ4v) is 4.73. The molecule has 0 saturated heterocycles. The van der Waals surface area contributed by atoms with Crippen LogP contribution in [-0.4, -0.2) is 49.1 Å². The number of hydrogen-bond acceptors (Lipinski definition) is 8. The molecule has 1 aromatic heterocycles. The molecular weight excluding hydrogens is 498 g/mol. The van der Waals surface area contributed by atoms with Crippen molar-refractivity contribution in [2.75, 3.05) is 39.1 Å². The number of hydrogen-bond donors (Lipinski definition) is 2. The van der Waals surface area contributed by atoms with Gasteiger partial charge in [-0.1, -0.05) is 30.3 Å². The predicted octanol–water partition coefficient (Wildman–Crippen LogP) is 4.64. The quantitative estimate of drug-likeness (QED) is 0.323. The van der Waals surface area contributed by atoms with Gasteiger partial charge in [0, 0.05) is 0 Å². The van der Waals surface area contributed by atoms with E-state index in [9.17, 15) is 4.79 Å². The molecule has 2 N–H and O–H groups in total. The summed E-state index contributed by atoms with van der Waals surface area (Å²) >= 11 is 0. The lowest BCUT2D eigenvalue weighted by atomic mass is 9.93. The third kappa shape index (κ3) is 5.59. The summed E-state index contributed by atoms with van der Waals surface area (Å²) in [6.07, 6.45) is 0.863. The molecule has 202 valence electrons. The minimum Gasteiger partial charge on any atom is -0.497 e. The number of amides is 1. The molecule has 0 spiro atoms. The van der Waals surface area contributed by atoms with E-state index >= 15 is 0 Å². The van der Waals surface area contributed by atoms with E-state index in [-0.39, 0.29) is 30.4 Å². The normalized spacial score (nSPS) is 16.0. The zero-order chi connectivity index (χ0) is 27.4. The summed E-state index contributed by atoms with van der Waals surface area (Å²) in [5, 5.41) is 11.0. The van der Waals surface area contributed by atoms with Crippen LogP contribution in [0.5, 0.6) is 23.0 Å². The highest BCUT2D eigenvalue weighted by molar-refractivity contribution is 5.90. The Hall–Kier alpha value is -4.73. The summed E-state index contributed by atoms with van der Waals surface area (Å²) in [6.45, 7) is 0. The van der Waals surface area contributed by atoms with Gasteiger partial charge in [0.2, 0.25) is 11.9 Å². The highest BCUT2D eigenvalue weighted by atomic mass is 16.5. The zero-order valence-corrected chi connectivity index (χ0v) is 22.3. The van der Waals surface area contributed by atoms with Gasteiger partial charge in [-0.2, -0.15) is 4.98 Å². The van der Waals surface area contributed by atoms with E-state index in [4.69, 9.17) is 18.9 Å². The molecule has 5 rings (SSSR count). The fraction of sp³-hybridized carbons (Fsp3) is 0.276. The van der Waals surface area contributed by atoms with E-state index in [1.165, 1.54) is 0 Å². The first-order valence-electron chi connectivity index (χ1n) is 12.5. The second-order valence-corrected chi connectivity index (χ2v) is 9.11. The van der Waals surface area contributed by atoms with Gasteiger partial charge >= 0.3 is 0 Å². The Labute approximate surface area is 226 Å². The Morgan fingerprint density at radius 1 is 0.872 bits per heavy atom. The van der Waals surface area contributed by atoms with Crippen molar-refractivity contribution in [3.63, 3.8) is 0 Å². The van der Waals surface area contributed by atoms with Crippen molar-refractivity contribution in [2.24, 2.45) is 0 Å². The van der Waals surface area contributed by atoms with Crippen molar-refractivity contribution < 1.29 is 23.7 Å². The molecule has 0 bridgehead atoms. The fourth-order valence-electron chi connectivity index (χ4n) is 4.73. The highest BCUT2D eigenvalue weighted by Gasteiger charge is 2.31. The summed E-state index contributed by atoms with van der Waals surface area (Å²) in [5.74, 6) is 3.31. The molecule has 3 aromatic carbocycles.